The molecule has 0 aromatic carbocycles. The van der Waals surface area contributed by atoms with Gasteiger partial charge in [0, 0.05) is 22.4 Å². The molecule has 0 amide bonds. The van der Waals surface area contributed by atoms with E-state index in [-0.39, 0.29) is 0 Å². The van der Waals surface area contributed by atoms with Crippen molar-refractivity contribution < 1.29 is 5.11 Å². The minimum atomic E-state index is -0.476. The molecule has 1 aromatic heterocycles. The maximum Gasteiger partial charge on any atom is 0.0771 e. The Hall–Kier alpha value is 0.100. The average molecular weight is 318 g/mol. The first-order valence-corrected chi connectivity index (χ1v) is 7.91. The van der Waals surface area contributed by atoms with Gasteiger partial charge in [-0.05, 0) is 59.0 Å². The van der Waals surface area contributed by atoms with Gasteiger partial charge in [0.25, 0.3) is 0 Å². The number of aliphatic hydroxyl groups is 1. The molecule has 0 radical (unpaired) electrons. The predicted molar refractivity (Wildman–Crippen MR) is 76.3 cm³/mol. The zero-order chi connectivity index (χ0) is 12.3. The van der Waals surface area contributed by atoms with Crippen LogP contribution in [0.25, 0.3) is 0 Å². The van der Waals surface area contributed by atoms with Crippen molar-refractivity contribution in [3.05, 3.63) is 20.8 Å². The summed E-state index contributed by atoms with van der Waals surface area (Å²) in [6.07, 6.45) is 4.18. The van der Waals surface area contributed by atoms with Gasteiger partial charge in [-0.3, -0.25) is 0 Å². The number of hydrogen-bond acceptors (Lipinski definition) is 3. The van der Waals surface area contributed by atoms with Crippen LogP contribution >= 0.6 is 27.3 Å². The molecule has 0 unspecified atom stereocenters. The maximum atomic E-state index is 10.4. The first-order chi connectivity index (χ1) is 8.09. The molecule has 2 N–H and O–H groups in total. The lowest BCUT2D eigenvalue weighted by atomic mass is 9.79. The standard InChI is InChI=1S/C13H20BrNOS/c1-10-2-5-13(16,6-3-10)9-15-8-12-11(14)4-7-17-12/h4,7,10,15-16H,2-3,5-6,8-9H2,1H3. The second-order valence-corrected chi connectivity index (χ2v) is 7.06. The first-order valence-electron chi connectivity index (χ1n) is 6.24. The van der Waals surface area contributed by atoms with Crippen molar-refractivity contribution in [1.29, 1.82) is 0 Å². The van der Waals surface area contributed by atoms with E-state index < -0.39 is 5.60 Å². The molecular weight excluding hydrogens is 298 g/mol. The van der Waals surface area contributed by atoms with Crippen molar-refractivity contribution in [1.82, 2.24) is 5.32 Å². The van der Waals surface area contributed by atoms with Gasteiger partial charge < -0.3 is 10.4 Å². The molecule has 1 aromatic rings. The lowest BCUT2D eigenvalue weighted by molar-refractivity contribution is -0.00626. The molecule has 1 aliphatic rings. The summed E-state index contributed by atoms with van der Waals surface area (Å²) in [5, 5.41) is 15.9. The summed E-state index contributed by atoms with van der Waals surface area (Å²) < 4.78 is 1.17. The van der Waals surface area contributed by atoms with Crippen molar-refractivity contribution in [2.45, 2.75) is 44.8 Å². The summed E-state index contributed by atoms with van der Waals surface area (Å²) in [6, 6.07) is 2.07. The van der Waals surface area contributed by atoms with Crippen molar-refractivity contribution in [2.24, 2.45) is 5.92 Å². The normalized spacial score (nSPS) is 29.5. The lowest BCUT2D eigenvalue weighted by Crippen LogP contribution is -2.43. The smallest absolute Gasteiger partial charge is 0.0771 e. The third-order valence-corrected chi connectivity index (χ3v) is 5.56. The fourth-order valence-electron chi connectivity index (χ4n) is 2.34. The van der Waals surface area contributed by atoms with Crippen LogP contribution in [-0.2, 0) is 6.54 Å². The summed E-state index contributed by atoms with van der Waals surface area (Å²) in [6.45, 7) is 3.83. The lowest BCUT2D eigenvalue weighted by Gasteiger charge is -2.35. The number of halogens is 1. The largest absolute Gasteiger partial charge is 0.389 e. The summed E-state index contributed by atoms with van der Waals surface area (Å²) in [7, 11) is 0. The number of rotatable bonds is 4. The quantitative estimate of drug-likeness (QED) is 0.890. The van der Waals surface area contributed by atoms with E-state index in [0.29, 0.717) is 6.54 Å². The fourth-order valence-corrected chi connectivity index (χ4v) is 3.80. The van der Waals surface area contributed by atoms with Crippen LogP contribution in [0.1, 0.15) is 37.5 Å². The van der Waals surface area contributed by atoms with Crippen LogP contribution in [0, 0.1) is 5.92 Å². The van der Waals surface area contributed by atoms with Crippen molar-refractivity contribution in [3.63, 3.8) is 0 Å². The molecule has 0 atom stereocenters. The summed E-state index contributed by atoms with van der Waals surface area (Å²) in [4.78, 5) is 1.30. The molecule has 2 rings (SSSR count). The average Bonchev–Trinajstić information content (AvgIpc) is 2.70. The third-order valence-electron chi connectivity index (χ3n) is 3.64. The van der Waals surface area contributed by atoms with Crippen LogP contribution in [0.5, 0.6) is 0 Å². The van der Waals surface area contributed by atoms with Crippen LogP contribution in [0.3, 0.4) is 0 Å². The van der Waals surface area contributed by atoms with E-state index in [2.05, 4.69) is 39.6 Å². The molecule has 0 aliphatic heterocycles. The highest BCUT2D eigenvalue weighted by molar-refractivity contribution is 9.10. The Balaban J connectivity index is 1.76. The highest BCUT2D eigenvalue weighted by Crippen LogP contribution is 2.31. The summed E-state index contributed by atoms with van der Waals surface area (Å²) in [5.74, 6) is 0.779. The SMILES string of the molecule is CC1CCC(O)(CNCc2sccc2Br)CC1. The Labute approximate surface area is 116 Å². The van der Waals surface area contributed by atoms with E-state index in [0.717, 1.165) is 38.1 Å². The molecule has 4 heteroatoms. The second-order valence-electron chi connectivity index (χ2n) is 5.20. The van der Waals surface area contributed by atoms with E-state index in [1.165, 1.54) is 9.35 Å². The Morgan fingerprint density at radius 1 is 1.53 bits per heavy atom. The zero-order valence-electron chi connectivity index (χ0n) is 10.2. The van der Waals surface area contributed by atoms with Gasteiger partial charge in [-0.25, -0.2) is 0 Å². The van der Waals surface area contributed by atoms with Gasteiger partial charge in [0.2, 0.25) is 0 Å². The highest BCUT2D eigenvalue weighted by Gasteiger charge is 2.31. The molecule has 1 saturated carbocycles. The number of hydrogen-bond donors (Lipinski definition) is 2. The first kappa shape index (κ1) is 13.5. The van der Waals surface area contributed by atoms with Gasteiger partial charge in [0.15, 0.2) is 0 Å². The summed E-state index contributed by atoms with van der Waals surface area (Å²) >= 11 is 5.27. The zero-order valence-corrected chi connectivity index (χ0v) is 12.6. The molecule has 17 heavy (non-hydrogen) atoms. The minimum Gasteiger partial charge on any atom is -0.389 e. The predicted octanol–water partition coefficient (Wildman–Crippen LogP) is 3.54. The van der Waals surface area contributed by atoms with E-state index in [1.54, 1.807) is 11.3 Å². The van der Waals surface area contributed by atoms with Gasteiger partial charge in [-0.1, -0.05) is 6.92 Å². The van der Waals surface area contributed by atoms with E-state index in [1.807, 2.05) is 0 Å². The molecule has 96 valence electrons. The van der Waals surface area contributed by atoms with Crippen LogP contribution in [0.4, 0.5) is 0 Å². The van der Waals surface area contributed by atoms with Gasteiger partial charge >= 0.3 is 0 Å². The van der Waals surface area contributed by atoms with Gasteiger partial charge in [0.05, 0.1) is 5.60 Å². The Morgan fingerprint density at radius 3 is 2.82 bits per heavy atom. The molecule has 1 heterocycles. The van der Waals surface area contributed by atoms with Crippen LogP contribution in [0.15, 0.2) is 15.9 Å². The van der Waals surface area contributed by atoms with Crippen LogP contribution in [0.2, 0.25) is 0 Å². The molecule has 0 bridgehead atoms. The van der Waals surface area contributed by atoms with Crippen molar-refractivity contribution in [3.8, 4) is 0 Å². The van der Waals surface area contributed by atoms with Crippen molar-refractivity contribution in [2.75, 3.05) is 6.54 Å². The number of nitrogens with one attached hydrogen (secondary N) is 1. The minimum absolute atomic E-state index is 0.476. The fraction of sp³-hybridized carbons (Fsp3) is 0.692. The monoisotopic (exact) mass is 317 g/mol. The molecule has 1 fully saturated rings. The molecule has 0 spiro atoms. The Kier molecular flexibility index (Phi) is 4.64. The third kappa shape index (κ3) is 3.78. The maximum absolute atomic E-state index is 10.4. The van der Waals surface area contributed by atoms with E-state index in [9.17, 15) is 5.11 Å². The van der Waals surface area contributed by atoms with Gasteiger partial charge in [-0.2, -0.15) is 0 Å². The van der Waals surface area contributed by atoms with Crippen molar-refractivity contribution >= 4 is 27.3 Å². The van der Waals surface area contributed by atoms with Gasteiger partial charge in [0.1, 0.15) is 0 Å². The molecular formula is C13H20BrNOS. The summed E-state index contributed by atoms with van der Waals surface area (Å²) in [5.41, 5.74) is -0.476. The number of thiophene rings is 1. The van der Waals surface area contributed by atoms with E-state index in [4.69, 9.17) is 0 Å². The van der Waals surface area contributed by atoms with Gasteiger partial charge in [-0.15, -0.1) is 11.3 Å². The van der Waals surface area contributed by atoms with Crippen LogP contribution < -0.4 is 5.32 Å². The molecule has 2 nitrogen and oxygen atoms in total. The van der Waals surface area contributed by atoms with E-state index >= 15 is 0 Å². The highest BCUT2D eigenvalue weighted by atomic mass is 79.9. The topological polar surface area (TPSA) is 32.3 Å². The Bertz CT molecular complexity index is 358. The second kappa shape index (κ2) is 5.83. The molecule has 0 saturated heterocycles. The Morgan fingerprint density at radius 2 is 2.24 bits per heavy atom. The van der Waals surface area contributed by atoms with Crippen LogP contribution in [-0.4, -0.2) is 17.3 Å². The molecule has 1 aliphatic carbocycles.